The number of ether oxygens (including phenoxy) is 1. The molecule has 1 aliphatic heterocycles. The van der Waals surface area contributed by atoms with Crippen molar-refractivity contribution in [1.29, 1.82) is 5.41 Å². The van der Waals surface area contributed by atoms with Crippen LogP contribution in [0.15, 0.2) is 36.4 Å². The van der Waals surface area contributed by atoms with Crippen molar-refractivity contribution in [3.8, 4) is 5.75 Å². The predicted molar refractivity (Wildman–Crippen MR) is 131 cm³/mol. The van der Waals surface area contributed by atoms with Gasteiger partial charge in [-0.3, -0.25) is 15.0 Å². The highest BCUT2D eigenvalue weighted by molar-refractivity contribution is 6.09. The molecule has 0 aliphatic carbocycles. The fourth-order valence-electron chi connectivity index (χ4n) is 4.27. The third-order valence-electron chi connectivity index (χ3n) is 6.12. The van der Waals surface area contributed by atoms with Crippen LogP contribution >= 0.6 is 0 Å². The maximum atomic E-state index is 13.4. The van der Waals surface area contributed by atoms with E-state index in [1.807, 2.05) is 25.1 Å². The Morgan fingerprint density at radius 3 is 2.91 bits per heavy atom. The first-order chi connectivity index (χ1) is 16.9. The first-order valence-electron chi connectivity index (χ1n) is 11.6. The number of amidine groups is 1. The van der Waals surface area contributed by atoms with Gasteiger partial charge < -0.3 is 25.3 Å². The van der Waals surface area contributed by atoms with Crippen molar-refractivity contribution in [2.24, 2.45) is 0 Å². The van der Waals surface area contributed by atoms with Gasteiger partial charge >= 0.3 is 0 Å². The standard InChI is InChI=1S/C25H29FN6O3/c1-3-32-14-15-6-4-7-17(22(15)25(32)34)24(33)31-19(8-5-11-28-21(27)13-26)23-29-18-10-9-16(35-2)12-20(18)30-23/h4,6-7,9-10,12,19H,3,5,8,11,13-14H2,1-2H3,(H2,27,28)(H,29,30)(H,31,33). The molecule has 35 heavy (non-hydrogen) atoms. The molecule has 1 unspecified atom stereocenters. The summed E-state index contributed by atoms with van der Waals surface area (Å²) in [5.74, 6) is 0.552. The fourth-order valence-corrected chi connectivity index (χ4v) is 4.27. The van der Waals surface area contributed by atoms with Crippen LogP contribution in [-0.4, -0.2) is 59.4 Å². The Bertz CT molecular complexity index is 1260. The number of carbonyl (C=O) groups excluding carboxylic acids is 2. The van der Waals surface area contributed by atoms with Gasteiger partial charge in [0.1, 0.15) is 24.1 Å². The summed E-state index contributed by atoms with van der Waals surface area (Å²) in [6.45, 7) is 2.50. The lowest BCUT2D eigenvalue weighted by Crippen LogP contribution is -2.32. The number of hydrogen-bond acceptors (Lipinski definition) is 5. The molecule has 0 radical (unpaired) electrons. The van der Waals surface area contributed by atoms with Gasteiger partial charge in [-0.15, -0.1) is 0 Å². The highest BCUT2D eigenvalue weighted by Crippen LogP contribution is 2.27. The van der Waals surface area contributed by atoms with E-state index in [1.165, 1.54) is 0 Å². The molecule has 1 atom stereocenters. The van der Waals surface area contributed by atoms with E-state index in [0.29, 0.717) is 60.7 Å². The van der Waals surface area contributed by atoms with Crippen molar-refractivity contribution in [2.75, 3.05) is 26.9 Å². The maximum absolute atomic E-state index is 13.4. The van der Waals surface area contributed by atoms with Crippen LogP contribution in [0.3, 0.4) is 0 Å². The summed E-state index contributed by atoms with van der Waals surface area (Å²) in [5, 5.41) is 13.2. The van der Waals surface area contributed by atoms with Crippen LogP contribution < -0.4 is 15.4 Å². The Morgan fingerprint density at radius 2 is 2.17 bits per heavy atom. The first kappa shape index (κ1) is 24.2. The summed E-state index contributed by atoms with van der Waals surface area (Å²) in [7, 11) is 1.58. The topological polar surface area (TPSA) is 123 Å². The quantitative estimate of drug-likeness (QED) is 0.201. The third kappa shape index (κ3) is 5.11. The number of aromatic amines is 1. The van der Waals surface area contributed by atoms with Gasteiger partial charge in [-0.25, -0.2) is 9.37 Å². The SMILES string of the molecule is CCN1Cc2cccc(C(=O)NC(CCCNC(=N)CF)c3nc4cc(OC)ccc4[nH]3)c2C1=O. The number of imidazole rings is 1. The molecule has 2 heterocycles. The van der Waals surface area contributed by atoms with E-state index in [1.54, 1.807) is 30.2 Å². The molecule has 2 aromatic carbocycles. The van der Waals surface area contributed by atoms with Crippen LogP contribution in [0.2, 0.25) is 0 Å². The molecular formula is C25H29FN6O3. The zero-order chi connectivity index (χ0) is 24.9. The molecule has 0 spiro atoms. The van der Waals surface area contributed by atoms with Crippen molar-refractivity contribution in [3.63, 3.8) is 0 Å². The van der Waals surface area contributed by atoms with Crippen molar-refractivity contribution in [1.82, 2.24) is 25.5 Å². The van der Waals surface area contributed by atoms with E-state index in [4.69, 9.17) is 10.1 Å². The van der Waals surface area contributed by atoms with E-state index in [9.17, 15) is 14.0 Å². The van der Waals surface area contributed by atoms with Gasteiger partial charge in [0.2, 0.25) is 0 Å². The van der Waals surface area contributed by atoms with Gasteiger partial charge in [-0.1, -0.05) is 12.1 Å². The minimum Gasteiger partial charge on any atom is -0.497 e. The van der Waals surface area contributed by atoms with Crippen LogP contribution in [-0.2, 0) is 6.54 Å². The second-order valence-electron chi connectivity index (χ2n) is 8.37. The van der Waals surface area contributed by atoms with Crippen LogP contribution in [0.1, 0.15) is 57.9 Å². The average molecular weight is 481 g/mol. The van der Waals surface area contributed by atoms with Gasteiger partial charge in [0.05, 0.1) is 35.3 Å². The molecule has 0 bridgehead atoms. The second kappa shape index (κ2) is 10.5. The number of nitrogens with one attached hydrogen (secondary N) is 4. The van der Waals surface area contributed by atoms with Crippen molar-refractivity contribution in [3.05, 3.63) is 58.9 Å². The smallest absolute Gasteiger partial charge is 0.255 e. The molecular weight excluding hydrogens is 451 g/mol. The summed E-state index contributed by atoms with van der Waals surface area (Å²) in [4.78, 5) is 35.9. The van der Waals surface area contributed by atoms with E-state index in [2.05, 4.69) is 20.6 Å². The number of fused-ring (bicyclic) bond motifs is 2. The summed E-state index contributed by atoms with van der Waals surface area (Å²) in [5.41, 5.74) is 3.12. The summed E-state index contributed by atoms with van der Waals surface area (Å²) in [6.07, 6.45) is 1.04. The minimum absolute atomic E-state index is 0.144. The van der Waals surface area contributed by atoms with Crippen molar-refractivity contribution < 1.29 is 18.7 Å². The minimum atomic E-state index is -0.854. The highest BCUT2D eigenvalue weighted by Gasteiger charge is 2.31. The Hall–Kier alpha value is -3.95. The molecule has 0 fully saturated rings. The number of aromatic nitrogens is 2. The number of carbonyl (C=O) groups is 2. The number of benzene rings is 2. The average Bonchev–Trinajstić information content (AvgIpc) is 3.45. The van der Waals surface area contributed by atoms with E-state index < -0.39 is 12.7 Å². The fraction of sp³-hybridized carbons (Fsp3) is 0.360. The number of methoxy groups -OCH3 is 1. The van der Waals surface area contributed by atoms with E-state index in [0.717, 1.165) is 11.1 Å². The number of amides is 2. The number of rotatable bonds is 10. The number of nitrogens with zero attached hydrogens (tertiary/aromatic N) is 2. The zero-order valence-corrected chi connectivity index (χ0v) is 19.8. The molecule has 0 saturated heterocycles. The lowest BCUT2D eigenvalue weighted by atomic mass is 10.0. The van der Waals surface area contributed by atoms with Crippen LogP contribution in [0, 0.1) is 5.41 Å². The molecule has 1 aromatic heterocycles. The van der Waals surface area contributed by atoms with Gasteiger partial charge in [-0.05, 0) is 43.5 Å². The molecule has 4 N–H and O–H groups in total. The van der Waals surface area contributed by atoms with Crippen LogP contribution in [0.25, 0.3) is 11.0 Å². The zero-order valence-electron chi connectivity index (χ0n) is 19.8. The number of halogens is 1. The molecule has 9 nitrogen and oxygen atoms in total. The molecule has 184 valence electrons. The van der Waals surface area contributed by atoms with Crippen LogP contribution in [0.5, 0.6) is 5.75 Å². The lowest BCUT2D eigenvalue weighted by Gasteiger charge is -2.18. The van der Waals surface area contributed by atoms with E-state index >= 15 is 0 Å². The predicted octanol–water partition coefficient (Wildman–Crippen LogP) is 3.33. The highest BCUT2D eigenvalue weighted by atomic mass is 19.1. The normalized spacial score (nSPS) is 13.6. The summed E-state index contributed by atoms with van der Waals surface area (Å²) in [6, 6.07) is 10.3. The summed E-state index contributed by atoms with van der Waals surface area (Å²) >= 11 is 0. The number of hydrogen-bond donors (Lipinski definition) is 4. The Balaban J connectivity index is 1.59. The second-order valence-corrected chi connectivity index (χ2v) is 8.37. The first-order valence-corrected chi connectivity index (χ1v) is 11.6. The molecule has 0 saturated carbocycles. The van der Waals surface area contributed by atoms with Gasteiger partial charge in [-0.2, -0.15) is 0 Å². The number of H-pyrrole nitrogens is 1. The van der Waals surface area contributed by atoms with Gasteiger partial charge in [0.15, 0.2) is 0 Å². The van der Waals surface area contributed by atoms with Gasteiger partial charge in [0, 0.05) is 25.7 Å². The number of alkyl halides is 1. The lowest BCUT2D eigenvalue weighted by molar-refractivity contribution is 0.0780. The Morgan fingerprint density at radius 1 is 1.34 bits per heavy atom. The van der Waals surface area contributed by atoms with E-state index in [-0.39, 0.29) is 17.6 Å². The molecule has 1 aliphatic rings. The molecule has 2 amide bonds. The Kier molecular flexibility index (Phi) is 7.28. The molecule has 4 rings (SSSR count). The largest absolute Gasteiger partial charge is 0.497 e. The maximum Gasteiger partial charge on any atom is 0.255 e. The molecule has 3 aromatic rings. The van der Waals surface area contributed by atoms with Gasteiger partial charge in [0.25, 0.3) is 11.8 Å². The monoisotopic (exact) mass is 480 g/mol. The van der Waals surface area contributed by atoms with Crippen molar-refractivity contribution >= 4 is 28.7 Å². The Labute approximate surface area is 202 Å². The summed E-state index contributed by atoms with van der Waals surface area (Å²) < 4.78 is 17.8. The van der Waals surface area contributed by atoms with Crippen molar-refractivity contribution in [2.45, 2.75) is 32.4 Å². The molecule has 10 heteroatoms. The third-order valence-corrected chi connectivity index (χ3v) is 6.12. The van der Waals surface area contributed by atoms with Crippen LogP contribution in [0.4, 0.5) is 4.39 Å².